The van der Waals surface area contributed by atoms with E-state index in [9.17, 15) is 30.6 Å². The second-order valence-corrected chi connectivity index (χ2v) is 5.08. The van der Waals surface area contributed by atoms with Crippen LogP contribution in [0, 0.1) is 0 Å². The molecule has 10 nitrogen and oxygen atoms in total. The Kier molecular flexibility index (Phi) is 5.48. The van der Waals surface area contributed by atoms with E-state index in [1.54, 1.807) is 0 Å². The van der Waals surface area contributed by atoms with Crippen LogP contribution >= 0.6 is 0 Å². The van der Waals surface area contributed by atoms with Crippen LogP contribution in [-0.2, 0) is 14.2 Å². The summed E-state index contributed by atoms with van der Waals surface area (Å²) >= 11 is 0. The molecule has 2 rings (SSSR count). The first kappa shape index (κ1) is 17.0. The van der Waals surface area contributed by atoms with Gasteiger partial charge in [0.2, 0.25) is 0 Å². The molecular weight excluding hydrogens is 292 g/mol. The number of ether oxygens (including phenoxy) is 3. The Morgan fingerprint density at radius 1 is 0.810 bits per heavy atom. The summed E-state index contributed by atoms with van der Waals surface area (Å²) in [7, 11) is 0. The Bertz CT molecular complexity index is 339. The van der Waals surface area contributed by atoms with Gasteiger partial charge >= 0.3 is 0 Å². The molecule has 0 aromatic rings. The van der Waals surface area contributed by atoms with Crippen molar-refractivity contribution in [2.75, 3.05) is 13.2 Å². The first-order valence-electron chi connectivity index (χ1n) is 6.48. The lowest BCUT2D eigenvalue weighted by molar-refractivity contribution is -0.365. The Balaban J connectivity index is 2.01. The van der Waals surface area contributed by atoms with Crippen LogP contribution in [0.4, 0.5) is 0 Å². The van der Waals surface area contributed by atoms with Crippen LogP contribution < -0.4 is 0 Å². The topological polar surface area (TPSA) is 169 Å². The molecule has 0 amide bonds. The molecule has 0 aromatic heterocycles. The second kappa shape index (κ2) is 6.79. The predicted octanol–water partition coefficient (Wildman–Crippen LogP) is -4.76. The van der Waals surface area contributed by atoms with Crippen LogP contribution in [0.1, 0.15) is 0 Å². The average Bonchev–Trinajstić information content (AvgIpc) is 2.48. The van der Waals surface area contributed by atoms with Gasteiger partial charge in [0.05, 0.1) is 13.2 Å². The molecule has 2 saturated heterocycles. The SMILES string of the molecule is OC[C@H]1O[C@H](OC2OCC(O)C(O)C2O)[C@H](O)[C@@H](O)[C@@H]1O. The molecule has 7 N–H and O–H groups in total. The highest BCUT2D eigenvalue weighted by molar-refractivity contribution is 4.90. The van der Waals surface area contributed by atoms with E-state index in [-0.39, 0.29) is 6.61 Å². The zero-order chi connectivity index (χ0) is 15.7. The van der Waals surface area contributed by atoms with Crippen LogP contribution in [0.3, 0.4) is 0 Å². The van der Waals surface area contributed by atoms with Crippen molar-refractivity contribution in [2.45, 2.75) is 55.3 Å². The van der Waals surface area contributed by atoms with Gasteiger partial charge in [-0.1, -0.05) is 0 Å². The normalized spacial score (nSPS) is 51.9. The quantitative estimate of drug-likeness (QED) is 0.268. The Hall–Kier alpha value is -0.400. The third kappa shape index (κ3) is 3.35. The summed E-state index contributed by atoms with van der Waals surface area (Å²) < 4.78 is 15.2. The van der Waals surface area contributed by atoms with Gasteiger partial charge in [-0.3, -0.25) is 0 Å². The van der Waals surface area contributed by atoms with E-state index >= 15 is 0 Å². The summed E-state index contributed by atoms with van der Waals surface area (Å²) in [6.07, 6.45) is -13.3. The average molecular weight is 312 g/mol. The summed E-state index contributed by atoms with van der Waals surface area (Å²) in [6.45, 7) is -0.930. The molecule has 0 spiro atoms. The standard InChI is InChI=1S/C11H20O10/c12-1-4-6(15)7(16)9(18)11(20-4)21-10-8(17)5(14)3(13)2-19-10/h3-18H,1-2H2/t3?,4-,5?,6-,7+,8?,9-,10?,11-/m1/s1. The Morgan fingerprint density at radius 2 is 1.43 bits per heavy atom. The van der Waals surface area contributed by atoms with Gasteiger partial charge in [0.25, 0.3) is 0 Å². The maximum absolute atomic E-state index is 9.77. The number of hydrogen-bond acceptors (Lipinski definition) is 10. The van der Waals surface area contributed by atoms with E-state index in [2.05, 4.69) is 0 Å². The second-order valence-electron chi connectivity index (χ2n) is 5.08. The molecule has 9 atom stereocenters. The van der Waals surface area contributed by atoms with Gasteiger partial charge in [-0.2, -0.15) is 0 Å². The summed E-state index contributed by atoms with van der Waals surface area (Å²) in [5, 5.41) is 66.5. The van der Waals surface area contributed by atoms with Gasteiger partial charge in [0, 0.05) is 0 Å². The fourth-order valence-electron chi connectivity index (χ4n) is 2.21. The van der Waals surface area contributed by atoms with Gasteiger partial charge in [0.15, 0.2) is 12.6 Å². The highest BCUT2D eigenvalue weighted by Gasteiger charge is 2.47. The third-order valence-electron chi connectivity index (χ3n) is 3.57. The summed E-state index contributed by atoms with van der Waals surface area (Å²) in [5.41, 5.74) is 0. The highest BCUT2D eigenvalue weighted by Crippen LogP contribution is 2.25. The van der Waals surface area contributed by atoms with Gasteiger partial charge in [-0.25, -0.2) is 0 Å². The highest BCUT2D eigenvalue weighted by atomic mass is 16.8. The maximum atomic E-state index is 9.77. The lowest BCUT2D eigenvalue weighted by Gasteiger charge is -2.42. The summed E-state index contributed by atoms with van der Waals surface area (Å²) in [5.74, 6) is 0. The molecule has 2 aliphatic rings. The Labute approximate surface area is 119 Å². The molecular formula is C11H20O10. The maximum Gasteiger partial charge on any atom is 0.189 e. The zero-order valence-electron chi connectivity index (χ0n) is 11.0. The van der Waals surface area contributed by atoms with E-state index in [1.807, 2.05) is 0 Å². The molecule has 2 heterocycles. The van der Waals surface area contributed by atoms with Crippen molar-refractivity contribution in [1.82, 2.24) is 0 Å². The molecule has 0 saturated carbocycles. The van der Waals surface area contributed by atoms with Crippen molar-refractivity contribution in [1.29, 1.82) is 0 Å². The number of aliphatic hydroxyl groups is 7. The zero-order valence-corrected chi connectivity index (χ0v) is 11.0. The van der Waals surface area contributed by atoms with E-state index < -0.39 is 61.9 Å². The van der Waals surface area contributed by atoms with Crippen LogP contribution in [0.5, 0.6) is 0 Å². The number of aliphatic hydroxyl groups excluding tert-OH is 7. The van der Waals surface area contributed by atoms with Crippen molar-refractivity contribution >= 4 is 0 Å². The van der Waals surface area contributed by atoms with Crippen molar-refractivity contribution in [3.8, 4) is 0 Å². The van der Waals surface area contributed by atoms with Gasteiger partial charge in [-0.15, -0.1) is 0 Å². The lowest BCUT2D eigenvalue weighted by atomic mass is 9.99. The predicted molar refractivity (Wildman–Crippen MR) is 62.6 cm³/mol. The molecule has 21 heavy (non-hydrogen) atoms. The van der Waals surface area contributed by atoms with Crippen molar-refractivity contribution < 1.29 is 50.0 Å². The molecule has 0 aromatic carbocycles. The van der Waals surface area contributed by atoms with Crippen molar-refractivity contribution in [2.24, 2.45) is 0 Å². The van der Waals surface area contributed by atoms with E-state index in [0.29, 0.717) is 0 Å². The molecule has 2 fully saturated rings. The minimum absolute atomic E-state index is 0.305. The molecule has 0 bridgehead atoms. The fourth-order valence-corrected chi connectivity index (χ4v) is 2.21. The van der Waals surface area contributed by atoms with Crippen LogP contribution in [0.15, 0.2) is 0 Å². The van der Waals surface area contributed by atoms with Crippen LogP contribution in [0.2, 0.25) is 0 Å². The number of hydrogen-bond donors (Lipinski definition) is 7. The lowest BCUT2D eigenvalue weighted by Crippen LogP contribution is -2.62. The van der Waals surface area contributed by atoms with Crippen molar-refractivity contribution in [3.63, 3.8) is 0 Å². The smallest absolute Gasteiger partial charge is 0.189 e. The molecule has 124 valence electrons. The van der Waals surface area contributed by atoms with Gasteiger partial charge < -0.3 is 50.0 Å². The van der Waals surface area contributed by atoms with E-state index in [0.717, 1.165) is 0 Å². The van der Waals surface area contributed by atoms with Gasteiger partial charge in [0.1, 0.15) is 42.7 Å². The molecule has 2 aliphatic heterocycles. The van der Waals surface area contributed by atoms with Crippen LogP contribution in [-0.4, -0.2) is 104 Å². The van der Waals surface area contributed by atoms with Gasteiger partial charge in [-0.05, 0) is 0 Å². The first-order chi connectivity index (χ1) is 9.86. The first-order valence-corrected chi connectivity index (χ1v) is 6.48. The van der Waals surface area contributed by atoms with Crippen molar-refractivity contribution in [3.05, 3.63) is 0 Å². The largest absolute Gasteiger partial charge is 0.394 e. The summed E-state index contributed by atoms with van der Waals surface area (Å²) in [4.78, 5) is 0. The minimum Gasteiger partial charge on any atom is -0.394 e. The van der Waals surface area contributed by atoms with Crippen LogP contribution in [0.25, 0.3) is 0 Å². The van der Waals surface area contributed by atoms with E-state index in [4.69, 9.17) is 19.3 Å². The summed E-state index contributed by atoms with van der Waals surface area (Å²) in [6, 6.07) is 0. The molecule has 4 unspecified atom stereocenters. The fraction of sp³-hybridized carbons (Fsp3) is 1.00. The molecule has 0 radical (unpaired) electrons. The van der Waals surface area contributed by atoms with E-state index in [1.165, 1.54) is 0 Å². The third-order valence-corrected chi connectivity index (χ3v) is 3.57. The monoisotopic (exact) mass is 312 g/mol. The minimum atomic E-state index is -1.65. The molecule has 10 heteroatoms. The Morgan fingerprint density at radius 3 is 2.05 bits per heavy atom. The number of rotatable bonds is 3. The molecule has 0 aliphatic carbocycles.